The summed E-state index contributed by atoms with van der Waals surface area (Å²) in [6.07, 6.45) is 1.40. The summed E-state index contributed by atoms with van der Waals surface area (Å²) in [7, 11) is 0. The van der Waals surface area contributed by atoms with Gasteiger partial charge >= 0.3 is 0 Å². The van der Waals surface area contributed by atoms with Crippen LogP contribution in [0.3, 0.4) is 0 Å². The van der Waals surface area contributed by atoms with Gasteiger partial charge in [0, 0.05) is 28.4 Å². The Morgan fingerprint density at radius 2 is 2.05 bits per heavy atom. The van der Waals surface area contributed by atoms with Crippen LogP contribution >= 0.6 is 15.9 Å². The second-order valence-electron chi connectivity index (χ2n) is 3.96. The van der Waals surface area contributed by atoms with Crippen molar-refractivity contribution in [2.45, 2.75) is 0 Å². The normalized spacial score (nSPS) is 10.8. The first-order chi connectivity index (χ1) is 9.47. The van der Waals surface area contributed by atoms with E-state index in [0.717, 1.165) is 4.47 Å². The lowest BCUT2D eigenvalue weighted by Crippen LogP contribution is -1.91. The molecule has 0 aliphatic heterocycles. The van der Waals surface area contributed by atoms with Crippen LogP contribution in [0, 0.1) is 10.1 Å². The molecular weight excluding hydrogens is 326 g/mol. The molecule has 0 saturated heterocycles. The van der Waals surface area contributed by atoms with Crippen LogP contribution in [0.5, 0.6) is 5.75 Å². The SMILES string of the molecule is Nc1ccc([N+](=O)[O-])cc1N=Cc1cc(Br)ccc1O. The van der Waals surface area contributed by atoms with Gasteiger partial charge in [-0.2, -0.15) is 0 Å². The molecule has 0 amide bonds. The molecule has 0 saturated carbocycles. The number of nitrogens with two attached hydrogens (primary N) is 1. The molecule has 0 heterocycles. The van der Waals surface area contributed by atoms with Crippen molar-refractivity contribution >= 4 is 39.2 Å². The largest absolute Gasteiger partial charge is 0.507 e. The van der Waals surface area contributed by atoms with E-state index in [1.54, 1.807) is 12.1 Å². The number of phenols is 1. The number of rotatable bonds is 3. The summed E-state index contributed by atoms with van der Waals surface area (Å²) in [6.45, 7) is 0. The van der Waals surface area contributed by atoms with Crippen molar-refractivity contribution in [2.75, 3.05) is 5.73 Å². The van der Waals surface area contributed by atoms with Gasteiger partial charge in [0.1, 0.15) is 5.75 Å². The Hall–Kier alpha value is -2.41. The molecule has 0 aliphatic rings. The Balaban J connectivity index is 2.38. The first-order valence-corrected chi connectivity index (χ1v) is 6.33. The van der Waals surface area contributed by atoms with Gasteiger partial charge in [-0.05, 0) is 24.3 Å². The summed E-state index contributed by atoms with van der Waals surface area (Å²) in [5.41, 5.74) is 6.70. The van der Waals surface area contributed by atoms with Crippen LogP contribution in [-0.2, 0) is 0 Å². The van der Waals surface area contributed by atoms with Gasteiger partial charge < -0.3 is 10.8 Å². The van der Waals surface area contributed by atoms with E-state index in [2.05, 4.69) is 20.9 Å². The monoisotopic (exact) mass is 335 g/mol. The van der Waals surface area contributed by atoms with Gasteiger partial charge in [-0.1, -0.05) is 15.9 Å². The molecule has 0 spiro atoms. The number of nitro benzene ring substituents is 1. The number of non-ortho nitro benzene ring substituents is 1. The molecule has 0 unspecified atom stereocenters. The lowest BCUT2D eigenvalue weighted by molar-refractivity contribution is -0.384. The minimum absolute atomic E-state index is 0.0564. The Kier molecular flexibility index (Phi) is 3.99. The quantitative estimate of drug-likeness (QED) is 0.388. The maximum Gasteiger partial charge on any atom is 0.271 e. The topological polar surface area (TPSA) is 102 Å². The molecular formula is C13H10BrN3O3. The van der Waals surface area contributed by atoms with Crippen molar-refractivity contribution in [3.63, 3.8) is 0 Å². The molecule has 0 fully saturated rings. The number of aromatic hydroxyl groups is 1. The third-order valence-electron chi connectivity index (χ3n) is 2.56. The molecule has 20 heavy (non-hydrogen) atoms. The van der Waals surface area contributed by atoms with Crippen molar-refractivity contribution in [3.05, 3.63) is 56.5 Å². The Morgan fingerprint density at radius 1 is 1.30 bits per heavy atom. The highest BCUT2D eigenvalue weighted by Gasteiger charge is 2.08. The van der Waals surface area contributed by atoms with Crippen LogP contribution in [0.2, 0.25) is 0 Å². The van der Waals surface area contributed by atoms with Crippen LogP contribution in [0.4, 0.5) is 17.1 Å². The van der Waals surface area contributed by atoms with Gasteiger partial charge in [0.25, 0.3) is 5.69 Å². The van der Waals surface area contributed by atoms with Crippen molar-refractivity contribution in [1.29, 1.82) is 0 Å². The summed E-state index contributed by atoms with van der Waals surface area (Å²) in [4.78, 5) is 14.3. The number of nitro groups is 1. The first kappa shape index (κ1) is 14.0. The molecule has 2 aromatic carbocycles. The van der Waals surface area contributed by atoms with Gasteiger partial charge in [0.15, 0.2) is 0 Å². The minimum atomic E-state index is -0.519. The molecule has 7 heteroatoms. The summed E-state index contributed by atoms with van der Waals surface area (Å²) < 4.78 is 0.781. The van der Waals surface area contributed by atoms with E-state index < -0.39 is 4.92 Å². The molecule has 3 N–H and O–H groups in total. The number of benzene rings is 2. The van der Waals surface area contributed by atoms with Crippen LogP contribution in [-0.4, -0.2) is 16.2 Å². The molecule has 0 atom stereocenters. The maximum atomic E-state index is 10.7. The number of nitrogen functional groups attached to an aromatic ring is 1. The van der Waals surface area contributed by atoms with Gasteiger partial charge in [-0.3, -0.25) is 15.1 Å². The third kappa shape index (κ3) is 3.12. The van der Waals surface area contributed by atoms with Crippen molar-refractivity contribution in [2.24, 2.45) is 4.99 Å². The van der Waals surface area contributed by atoms with Crippen molar-refractivity contribution < 1.29 is 10.0 Å². The van der Waals surface area contributed by atoms with Gasteiger partial charge in [-0.15, -0.1) is 0 Å². The predicted molar refractivity (Wildman–Crippen MR) is 80.6 cm³/mol. The fraction of sp³-hybridized carbons (Fsp3) is 0. The van der Waals surface area contributed by atoms with E-state index in [1.165, 1.54) is 30.5 Å². The van der Waals surface area contributed by atoms with Gasteiger partial charge in [0.2, 0.25) is 0 Å². The highest BCUT2D eigenvalue weighted by Crippen LogP contribution is 2.28. The zero-order chi connectivity index (χ0) is 14.7. The third-order valence-corrected chi connectivity index (χ3v) is 3.05. The molecule has 2 aromatic rings. The lowest BCUT2D eigenvalue weighted by atomic mass is 10.2. The first-order valence-electron chi connectivity index (χ1n) is 5.54. The number of anilines is 1. The summed E-state index contributed by atoms with van der Waals surface area (Å²) in [5, 5.41) is 20.4. The maximum absolute atomic E-state index is 10.7. The van der Waals surface area contributed by atoms with Crippen LogP contribution < -0.4 is 5.73 Å². The number of hydrogen-bond acceptors (Lipinski definition) is 5. The fourth-order valence-corrected chi connectivity index (χ4v) is 1.90. The Labute approximate surface area is 122 Å². The van der Waals surface area contributed by atoms with Crippen LogP contribution in [0.1, 0.15) is 5.56 Å². The average Bonchev–Trinajstić information content (AvgIpc) is 2.41. The molecule has 0 aromatic heterocycles. The molecule has 0 radical (unpaired) electrons. The number of halogens is 1. The zero-order valence-corrected chi connectivity index (χ0v) is 11.7. The zero-order valence-electron chi connectivity index (χ0n) is 10.2. The van der Waals surface area contributed by atoms with Gasteiger partial charge in [-0.25, -0.2) is 0 Å². The van der Waals surface area contributed by atoms with E-state index in [4.69, 9.17) is 5.73 Å². The van der Waals surface area contributed by atoms with Crippen molar-refractivity contribution in [3.8, 4) is 5.75 Å². The highest BCUT2D eigenvalue weighted by atomic mass is 79.9. The highest BCUT2D eigenvalue weighted by molar-refractivity contribution is 9.10. The molecule has 2 rings (SSSR count). The fourth-order valence-electron chi connectivity index (χ4n) is 1.53. The molecule has 0 bridgehead atoms. The predicted octanol–water partition coefficient (Wildman–Crippen LogP) is 3.40. The molecule has 0 aliphatic carbocycles. The molecule has 6 nitrogen and oxygen atoms in total. The average molecular weight is 336 g/mol. The Bertz CT molecular complexity index is 701. The van der Waals surface area contributed by atoms with Crippen LogP contribution in [0.25, 0.3) is 0 Å². The van der Waals surface area contributed by atoms with E-state index >= 15 is 0 Å². The van der Waals surface area contributed by atoms with E-state index in [9.17, 15) is 15.2 Å². The van der Waals surface area contributed by atoms with Crippen molar-refractivity contribution in [1.82, 2.24) is 0 Å². The standard InChI is InChI=1S/C13H10BrN3O3/c14-9-1-4-13(18)8(5-9)7-16-12-6-10(17(19)20)2-3-11(12)15/h1-7,18H,15H2. The number of nitrogens with zero attached hydrogens (tertiary/aromatic N) is 2. The second kappa shape index (κ2) is 5.70. The summed E-state index contributed by atoms with van der Waals surface area (Å²) in [6, 6.07) is 8.89. The molecule has 102 valence electrons. The summed E-state index contributed by atoms with van der Waals surface area (Å²) >= 11 is 3.28. The van der Waals surface area contributed by atoms with E-state index in [1.807, 2.05) is 0 Å². The van der Waals surface area contributed by atoms with Crippen LogP contribution in [0.15, 0.2) is 45.9 Å². The minimum Gasteiger partial charge on any atom is -0.507 e. The van der Waals surface area contributed by atoms with E-state index in [-0.39, 0.29) is 17.1 Å². The smallest absolute Gasteiger partial charge is 0.271 e. The summed E-state index contributed by atoms with van der Waals surface area (Å²) in [5.74, 6) is 0.0564. The number of hydrogen-bond donors (Lipinski definition) is 2. The van der Waals surface area contributed by atoms with E-state index in [0.29, 0.717) is 11.3 Å². The Morgan fingerprint density at radius 3 is 2.75 bits per heavy atom. The number of phenolic OH excluding ortho intramolecular Hbond substituents is 1. The lowest BCUT2D eigenvalue weighted by Gasteiger charge is -2.01. The number of aliphatic imine (C=N–C) groups is 1. The second-order valence-corrected chi connectivity index (χ2v) is 4.88. The van der Waals surface area contributed by atoms with Gasteiger partial charge in [0.05, 0.1) is 16.3 Å².